The van der Waals surface area contributed by atoms with E-state index in [4.69, 9.17) is 4.74 Å². The number of carbonyl (C=O) groups excluding carboxylic acids is 1. The van der Waals surface area contributed by atoms with Crippen LogP contribution in [0, 0.1) is 0 Å². The molecule has 13 heteroatoms. The lowest BCUT2D eigenvalue weighted by atomic mass is 10.1. The molecule has 30 heavy (non-hydrogen) atoms. The first-order valence-corrected chi connectivity index (χ1v) is 9.98. The topological polar surface area (TPSA) is 114 Å². The number of sulfonamides is 1. The Balaban J connectivity index is 2.20. The van der Waals surface area contributed by atoms with E-state index in [-0.39, 0.29) is 17.4 Å². The lowest BCUT2D eigenvalue weighted by molar-refractivity contribution is -0.134. The molecule has 0 radical (unpaired) electrons. The first-order valence-electron chi connectivity index (χ1n) is 8.50. The SMILES string of the molecule is COc1cc(N(C)C)nc(NC(=O)NS(=O)(=O)c2ccccc2CCC(F)(F)F)n1. The van der Waals surface area contributed by atoms with Crippen LogP contribution >= 0.6 is 0 Å². The molecule has 2 amide bonds. The average Bonchev–Trinajstić information content (AvgIpc) is 2.65. The highest BCUT2D eigenvalue weighted by Gasteiger charge is 2.29. The number of nitrogens with one attached hydrogen (secondary N) is 2. The van der Waals surface area contributed by atoms with Crippen LogP contribution in [0.5, 0.6) is 5.88 Å². The summed E-state index contributed by atoms with van der Waals surface area (Å²) in [6, 6.07) is 5.45. The lowest BCUT2D eigenvalue weighted by Crippen LogP contribution is -2.35. The summed E-state index contributed by atoms with van der Waals surface area (Å²) in [5.74, 6) is 0.290. The van der Waals surface area contributed by atoms with Crippen LogP contribution in [0.3, 0.4) is 0 Å². The Hall–Kier alpha value is -3.09. The number of ether oxygens (including phenoxy) is 1. The molecule has 2 aromatic rings. The van der Waals surface area contributed by atoms with E-state index in [0.717, 1.165) is 6.07 Å². The van der Waals surface area contributed by atoms with Gasteiger partial charge in [0.1, 0.15) is 5.82 Å². The van der Waals surface area contributed by atoms with Crippen molar-refractivity contribution < 1.29 is 31.1 Å². The van der Waals surface area contributed by atoms with Gasteiger partial charge in [0.05, 0.1) is 12.0 Å². The molecule has 9 nitrogen and oxygen atoms in total. The fourth-order valence-corrected chi connectivity index (χ4v) is 3.53. The van der Waals surface area contributed by atoms with Crippen molar-refractivity contribution in [2.45, 2.75) is 23.9 Å². The summed E-state index contributed by atoms with van der Waals surface area (Å²) in [5, 5.41) is 2.18. The Morgan fingerprint density at radius 3 is 2.47 bits per heavy atom. The monoisotopic (exact) mass is 447 g/mol. The number of alkyl halides is 3. The number of anilines is 2. The van der Waals surface area contributed by atoms with Crippen molar-refractivity contribution in [3.63, 3.8) is 0 Å². The Labute approximate surface area is 171 Å². The van der Waals surface area contributed by atoms with Gasteiger partial charge in [0.15, 0.2) is 0 Å². The molecule has 1 aromatic carbocycles. The van der Waals surface area contributed by atoms with E-state index in [1.807, 2.05) is 0 Å². The zero-order valence-electron chi connectivity index (χ0n) is 16.3. The van der Waals surface area contributed by atoms with Crippen molar-refractivity contribution >= 4 is 27.8 Å². The summed E-state index contributed by atoms with van der Waals surface area (Å²) in [6.07, 6.45) is -6.19. The first-order chi connectivity index (χ1) is 13.9. The van der Waals surface area contributed by atoms with Crippen molar-refractivity contribution in [2.24, 2.45) is 0 Å². The van der Waals surface area contributed by atoms with Gasteiger partial charge in [-0.25, -0.2) is 17.9 Å². The number of aromatic nitrogens is 2. The van der Waals surface area contributed by atoms with Crippen LogP contribution in [-0.2, 0) is 16.4 Å². The molecule has 0 aliphatic rings. The number of hydrogen-bond donors (Lipinski definition) is 2. The molecule has 0 atom stereocenters. The molecule has 0 spiro atoms. The van der Waals surface area contributed by atoms with Crippen LogP contribution in [-0.4, -0.2) is 51.8 Å². The maximum absolute atomic E-state index is 12.5. The van der Waals surface area contributed by atoms with Gasteiger partial charge >= 0.3 is 12.2 Å². The molecular formula is C17H20F3N5O4S. The van der Waals surface area contributed by atoms with Gasteiger partial charge in [-0.1, -0.05) is 18.2 Å². The summed E-state index contributed by atoms with van der Waals surface area (Å²) in [6.45, 7) is 0. The van der Waals surface area contributed by atoms with Crippen LogP contribution in [0.1, 0.15) is 12.0 Å². The molecule has 2 rings (SSSR count). The molecule has 2 N–H and O–H groups in total. The third kappa shape index (κ3) is 6.47. The van der Waals surface area contributed by atoms with E-state index in [2.05, 4.69) is 15.3 Å². The van der Waals surface area contributed by atoms with E-state index in [9.17, 15) is 26.4 Å². The highest BCUT2D eigenvalue weighted by Crippen LogP contribution is 2.25. The molecule has 0 unspecified atom stereocenters. The van der Waals surface area contributed by atoms with Gasteiger partial charge in [0, 0.05) is 26.6 Å². The molecule has 0 aliphatic carbocycles. The first kappa shape index (κ1) is 23.2. The average molecular weight is 447 g/mol. The number of carbonyl (C=O) groups is 1. The highest BCUT2D eigenvalue weighted by molar-refractivity contribution is 7.90. The standard InChI is InChI=1S/C17H20F3N5O4S/c1-25(2)13-10-14(29-3)22-15(21-13)23-16(26)24-30(27,28)12-7-5-4-6-11(12)8-9-17(18,19)20/h4-7,10H,8-9H2,1-3H3,(H2,21,22,23,24,26). The fraction of sp³-hybridized carbons (Fsp3) is 0.353. The Morgan fingerprint density at radius 2 is 1.87 bits per heavy atom. The Bertz CT molecular complexity index is 1010. The third-order valence-corrected chi connectivity index (χ3v) is 5.18. The van der Waals surface area contributed by atoms with Gasteiger partial charge < -0.3 is 9.64 Å². The normalized spacial score (nSPS) is 11.7. The number of benzene rings is 1. The quantitative estimate of drug-likeness (QED) is 0.671. The van der Waals surface area contributed by atoms with Gasteiger partial charge in [-0.05, 0) is 18.1 Å². The van der Waals surface area contributed by atoms with Crippen LogP contribution < -0.4 is 19.7 Å². The molecule has 0 saturated heterocycles. The number of hydrogen-bond acceptors (Lipinski definition) is 7. The van der Waals surface area contributed by atoms with E-state index in [0.29, 0.717) is 5.82 Å². The van der Waals surface area contributed by atoms with Crippen LogP contribution in [0.25, 0.3) is 0 Å². The number of aryl methyl sites for hydroxylation is 1. The van der Waals surface area contributed by atoms with Gasteiger partial charge in [0.25, 0.3) is 10.0 Å². The number of methoxy groups -OCH3 is 1. The minimum absolute atomic E-state index is 0.0670. The van der Waals surface area contributed by atoms with Crippen molar-refractivity contribution in [1.82, 2.24) is 14.7 Å². The number of rotatable bonds is 7. The van der Waals surface area contributed by atoms with Gasteiger partial charge in [-0.3, -0.25) is 5.32 Å². The molecule has 1 heterocycles. The predicted molar refractivity (Wildman–Crippen MR) is 103 cm³/mol. The van der Waals surface area contributed by atoms with Crippen LogP contribution in [0.2, 0.25) is 0 Å². The molecule has 1 aromatic heterocycles. The molecule has 0 aliphatic heterocycles. The van der Waals surface area contributed by atoms with E-state index < -0.39 is 40.0 Å². The van der Waals surface area contributed by atoms with E-state index >= 15 is 0 Å². The zero-order chi connectivity index (χ0) is 22.5. The maximum atomic E-state index is 12.5. The number of nitrogens with zero attached hydrogens (tertiary/aromatic N) is 3. The van der Waals surface area contributed by atoms with Crippen molar-refractivity contribution in [3.8, 4) is 5.88 Å². The van der Waals surface area contributed by atoms with Crippen molar-refractivity contribution in [1.29, 1.82) is 0 Å². The van der Waals surface area contributed by atoms with Gasteiger partial charge in [-0.15, -0.1) is 0 Å². The maximum Gasteiger partial charge on any atom is 0.389 e. The second-order valence-electron chi connectivity index (χ2n) is 6.27. The largest absolute Gasteiger partial charge is 0.481 e. The molecule has 0 saturated carbocycles. The van der Waals surface area contributed by atoms with Crippen LogP contribution in [0.4, 0.5) is 29.7 Å². The minimum atomic E-state index is -4.45. The predicted octanol–water partition coefficient (Wildman–Crippen LogP) is 2.56. The van der Waals surface area contributed by atoms with Crippen molar-refractivity contribution in [2.75, 3.05) is 31.4 Å². The highest BCUT2D eigenvalue weighted by atomic mass is 32.2. The molecule has 164 valence electrons. The minimum Gasteiger partial charge on any atom is -0.481 e. The van der Waals surface area contributed by atoms with Gasteiger partial charge in [0.2, 0.25) is 11.8 Å². The van der Waals surface area contributed by atoms with Gasteiger partial charge in [-0.2, -0.15) is 23.1 Å². The van der Waals surface area contributed by atoms with Crippen molar-refractivity contribution in [3.05, 3.63) is 35.9 Å². The zero-order valence-corrected chi connectivity index (χ0v) is 17.1. The number of urea groups is 1. The summed E-state index contributed by atoms with van der Waals surface area (Å²) < 4.78 is 69.4. The van der Waals surface area contributed by atoms with E-state index in [1.54, 1.807) is 23.7 Å². The Morgan fingerprint density at radius 1 is 1.20 bits per heavy atom. The smallest absolute Gasteiger partial charge is 0.389 e. The summed E-state index contributed by atoms with van der Waals surface area (Å²) in [5.41, 5.74) is -0.0670. The Kier molecular flexibility index (Phi) is 7.08. The molecule has 0 bridgehead atoms. The third-order valence-electron chi connectivity index (χ3n) is 3.75. The number of halogens is 3. The summed E-state index contributed by atoms with van der Waals surface area (Å²) >= 11 is 0. The molecular weight excluding hydrogens is 427 g/mol. The van der Waals surface area contributed by atoms with E-state index in [1.165, 1.54) is 31.4 Å². The molecule has 0 fully saturated rings. The second-order valence-corrected chi connectivity index (χ2v) is 7.92. The summed E-state index contributed by atoms with van der Waals surface area (Å²) in [4.78, 5) is 21.3. The summed E-state index contributed by atoms with van der Waals surface area (Å²) in [7, 11) is 0.285. The number of amides is 2. The van der Waals surface area contributed by atoms with Crippen LogP contribution in [0.15, 0.2) is 35.2 Å². The lowest BCUT2D eigenvalue weighted by Gasteiger charge is -2.15. The second kappa shape index (κ2) is 9.15. The fourth-order valence-electron chi connectivity index (χ4n) is 2.36.